The van der Waals surface area contributed by atoms with E-state index in [4.69, 9.17) is 4.74 Å². The zero-order valence-corrected chi connectivity index (χ0v) is 13.6. The van der Waals surface area contributed by atoms with Crippen molar-refractivity contribution < 1.29 is 9.53 Å². The Kier molecular flexibility index (Phi) is 9.79. The van der Waals surface area contributed by atoms with Crippen LogP contribution in [0.5, 0.6) is 0 Å². The minimum absolute atomic E-state index is 0.126. The number of hydrogen-bond acceptors (Lipinski definition) is 2. The van der Waals surface area contributed by atoms with E-state index < -0.39 is 0 Å². The number of allylic oxidation sites excluding steroid dienone is 3. The fraction of sp³-hybridized carbons (Fsp3) is 0.611. The molecule has 2 nitrogen and oxygen atoms in total. The van der Waals surface area contributed by atoms with Crippen LogP contribution in [0.1, 0.15) is 59.8 Å². The number of ether oxygens (including phenoxy) is 1. The third-order valence-corrected chi connectivity index (χ3v) is 3.42. The summed E-state index contributed by atoms with van der Waals surface area (Å²) in [6, 6.07) is 0. The standard InChI is InChI=1S/C18H30O2/c1-7-18(19)20-13-12-16(6)9-11-17(15(4)5)10-8-14(2)3/h9,17H,2,4,7-8,10-13H2,1,3,5-6H3/b16-9+/t17-/m0/s1. The van der Waals surface area contributed by atoms with Gasteiger partial charge in [-0.2, -0.15) is 0 Å². The van der Waals surface area contributed by atoms with Gasteiger partial charge in [-0.3, -0.25) is 4.79 Å². The quantitative estimate of drug-likeness (QED) is 0.405. The predicted octanol–water partition coefficient (Wildman–Crippen LogP) is 5.21. The van der Waals surface area contributed by atoms with Crippen molar-refractivity contribution in [2.24, 2.45) is 5.92 Å². The Bertz CT molecular complexity index is 364. The first kappa shape index (κ1) is 18.7. The van der Waals surface area contributed by atoms with Gasteiger partial charge in [-0.1, -0.05) is 36.3 Å². The van der Waals surface area contributed by atoms with Gasteiger partial charge in [-0.25, -0.2) is 0 Å². The van der Waals surface area contributed by atoms with Crippen LogP contribution in [-0.2, 0) is 9.53 Å². The summed E-state index contributed by atoms with van der Waals surface area (Å²) in [7, 11) is 0. The smallest absolute Gasteiger partial charge is 0.305 e. The fourth-order valence-corrected chi connectivity index (χ4v) is 1.86. The lowest BCUT2D eigenvalue weighted by Gasteiger charge is -2.15. The van der Waals surface area contributed by atoms with Crippen molar-refractivity contribution >= 4 is 5.97 Å². The summed E-state index contributed by atoms with van der Waals surface area (Å²) in [4.78, 5) is 11.0. The lowest BCUT2D eigenvalue weighted by Crippen LogP contribution is -2.04. The van der Waals surface area contributed by atoms with Crippen LogP contribution in [-0.4, -0.2) is 12.6 Å². The van der Waals surface area contributed by atoms with Gasteiger partial charge in [-0.15, -0.1) is 6.58 Å². The highest BCUT2D eigenvalue weighted by molar-refractivity contribution is 5.68. The number of esters is 1. The molecule has 0 rings (SSSR count). The van der Waals surface area contributed by atoms with E-state index in [1.807, 2.05) is 6.92 Å². The van der Waals surface area contributed by atoms with Crippen molar-refractivity contribution in [2.45, 2.75) is 59.8 Å². The highest BCUT2D eigenvalue weighted by Crippen LogP contribution is 2.22. The first-order valence-corrected chi connectivity index (χ1v) is 7.47. The lowest BCUT2D eigenvalue weighted by atomic mass is 9.90. The van der Waals surface area contributed by atoms with E-state index in [1.54, 1.807) is 0 Å². The maximum atomic E-state index is 11.0. The molecule has 2 heteroatoms. The van der Waals surface area contributed by atoms with Crippen LogP contribution in [0.4, 0.5) is 0 Å². The zero-order valence-electron chi connectivity index (χ0n) is 13.6. The molecule has 0 fully saturated rings. The molecule has 0 N–H and O–H groups in total. The molecule has 0 aromatic heterocycles. The molecule has 0 aliphatic carbocycles. The molecule has 0 aliphatic heterocycles. The molecule has 114 valence electrons. The second-order valence-corrected chi connectivity index (χ2v) is 5.65. The van der Waals surface area contributed by atoms with Crippen molar-refractivity contribution in [1.82, 2.24) is 0 Å². The van der Waals surface area contributed by atoms with Crippen molar-refractivity contribution in [1.29, 1.82) is 0 Å². The summed E-state index contributed by atoms with van der Waals surface area (Å²) < 4.78 is 5.09. The average molecular weight is 278 g/mol. The highest BCUT2D eigenvalue weighted by Gasteiger charge is 2.08. The lowest BCUT2D eigenvalue weighted by molar-refractivity contribution is -0.143. The summed E-state index contributed by atoms with van der Waals surface area (Å²) >= 11 is 0. The Morgan fingerprint density at radius 1 is 1.20 bits per heavy atom. The molecular weight excluding hydrogens is 248 g/mol. The summed E-state index contributed by atoms with van der Waals surface area (Å²) in [6.07, 6.45) is 6.68. The third-order valence-electron chi connectivity index (χ3n) is 3.42. The molecule has 0 saturated heterocycles. The van der Waals surface area contributed by atoms with Crippen molar-refractivity contribution in [3.8, 4) is 0 Å². The van der Waals surface area contributed by atoms with Gasteiger partial charge < -0.3 is 4.74 Å². The molecule has 0 radical (unpaired) electrons. The number of carbonyl (C=O) groups is 1. The molecule has 0 aromatic carbocycles. The maximum absolute atomic E-state index is 11.0. The molecule has 0 heterocycles. The predicted molar refractivity (Wildman–Crippen MR) is 86.6 cm³/mol. The first-order chi connectivity index (χ1) is 9.36. The van der Waals surface area contributed by atoms with Crippen LogP contribution in [0.25, 0.3) is 0 Å². The van der Waals surface area contributed by atoms with Gasteiger partial charge in [-0.05, 0) is 46.0 Å². The molecular formula is C18H30O2. The maximum Gasteiger partial charge on any atom is 0.305 e. The zero-order chi connectivity index (χ0) is 15.5. The van der Waals surface area contributed by atoms with E-state index in [0.29, 0.717) is 18.9 Å². The first-order valence-electron chi connectivity index (χ1n) is 7.47. The molecule has 0 bridgehead atoms. The fourth-order valence-electron chi connectivity index (χ4n) is 1.86. The van der Waals surface area contributed by atoms with Crippen LogP contribution in [0.2, 0.25) is 0 Å². The number of carbonyl (C=O) groups excluding carboxylic acids is 1. The second-order valence-electron chi connectivity index (χ2n) is 5.65. The summed E-state index contributed by atoms with van der Waals surface area (Å²) in [5, 5.41) is 0. The van der Waals surface area contributed by atoms with E-state index in [2.05, 4.69) is 40.0 Å². The number of hydrogen-bond donors (Lipinski definition) is 0. The molecule has 0 unspecified atom stereocenters. The van der Waals surface area contributed by atoms with E-state index in [-0.39, 0.29) is 5.97 Å². The summed E-state index contributed by atoms with van der Waals surface area (Å²) in [6.45, 7) is 16.6. The van der Waals surface area contributed by atoms with Crippen LogP contribution in [0.3, 0.4) is 0 Å². The Morgan fingerprint density at radius 2 is 1.85 bits per heavy atom. The minimum atomic E-state index is -0.126. The average Bonchev–Trinajstić information content (AvgIpc) is 2.37. The molecule has 0 spiro atoms. The molecule has 20 heavy (non-hydrogen) atoms. The second kappa shape index (κ2) is 10.5. The van der Waals surface area contributed by atoms with Crippen LogP contribution >= 0.6 is 0 Å². The van der Waals surface area contributed by atoms with E-state index in [9.17, 15) is 4.79 Å². The molecule has 0 aromatic rings. The Morgan fingerprint density at radius 3 is 2.35 bits per heavy atom. The summed E-state index contributed by atoms with van der Waals surface area (Å²) in [5.74, 6) is 0.388. The Balaban J connectivity index is 4.15. The van der Waals surface area contributed by atoms with Crippen LogP contribution in [0.15, 0.2) is 36.0 Å². The summed E-state index contributed by atoms with van der Waals surface area (Å²) in [5.41, 5.74) is 3.73. The Hall–Kier alpha value is -1.31. The van der Waals surface area contributed by atoms with Crippen LogP contribution < -0.4 is 0 Å². The minimum Gasteiger partial charge on any atom is -0.465 e. The van der Waals surface area contributed by atoms with Gasteiger partial charge in [0.1, 0.15) is 0 Å². The van der Waals surface area contributed by atoms with Gasteiger partial charge in [0.2, 0.25) is 0 Å². The van der Waals surface area contributed by atoms with Crippen molar-refractivity contribution in [3.63, 3.8) is 0 Å². The molecule has 1 atom stereocenters. The van der Waals surface area contributed by atoms with E-state index in [0.717, 1.165) is 25.7 Å². The van der Waals surface area contributed by atoms with Gasteiger partial charge in [0, 0.05) is 12.8 Å². The Labute approximate surface area is 124 Å². The van der Waals surface area contributed by atoms with Crippen molar-refractivity contribution in [3.05, 3.63) is 36.0 Å². The normalized spacial score (nSPS) is 12.9. The molecule has 0 saturated carbocycles. The van der Waals surface area contributed by atoms with E-state index in [1.165, 1.54) is 16.7 Å². The third kappa shape index (κ3) is 9.60. The van der Waals surface area contributed by atoms with Gasteiger partial charge in [0.25, 0.3) is 0 Å². The van der Waals surface area contributed by atoms with Crippen molar-refractivity contribution in [2.75, 3.05) is 6.61 Å². The number of rotatable bonds is 10. The molecule has 0 amide bonds. The largest absolute Gasteiger partial charge is 0.465 e. The topological polar surface area (TPSA) is 26.3 Å². The van der Waals surface area contributed by atoms with Crippen LogP contribution in [0, 0.1) is 5.92 Å². The monoisotopic (exact) mass is 278 g/mol. The van der Waals surface area contributed by atoms with E-state index >= 15 is 0 Å². The van der Waals surface area contributed by atoms with Gasteiger partial charge in [0.05, 0.1) is 6.61 Å². The SMILES string of the molecule is C=C(C)CC[C@@H](C/C=C(\C)CCOC(=O)CC)C(=C)C. The highest BCUT2D eigenvalue weighted by atomic mass is 16.5. The van der Waals surface area contributed by atoms with Gasteiger partial charge >= 0.3 is 5.97 Å². The van der Waals surface area contributed by atoms with Gasteiger partial charge in [0.15, 0.2) is 0 Å². The molecule has 0 aliphatic rings.